The Hall–Kier alpha value is -1.62. The van der Waals surface area contributed by atoms with Crippen molar-refractivity contribution in [2.75, 3.05) is 0 Å². The van der Waals surface area contributed by atoms with Gasteiger partial charge in [0.2, 0.25) is 0 Å². The molecule has 0 saturated carbocycles. The minimum absolute atomic E-state index is 0.217. The molecule has 3 rings (SSSR count). The Kier molecular flexibility index (Phi) is 3.87. The van der Waals surface area contributed by atoms with E-state index in [1.165, 1.54) is 4.70 Å². The number of para-hydroxylation sites is 1. The van der Waals surface area contributed by atoms with E-state index >= 15 is 0 Å². The lowest BCUT2D eigenvalue weighted by Gasteiger charge is -2.07. The molecule has 0 aliphatic carbocycles. The van der Waals surface area contributed by atoms with Gasteiger partial charge in [0.25, 0.3) is 0 Å². The van der Waals surface area contributed by atoms with Gasteiger partial charge >= 0.3 is 0 Å². The van der Waals surface area contributed by atoms with Gasteiger partial charge in [-0.05, 0) is 24.3 Å². The quantitative estimate of drug-likeness (QED) is 0.767. The Morgan fingerprint density at radius 2 is 1.95 bits per heavy atom. The first-order chi connectivity index (χ1) is 9.74. The van der Waals surface area contributed by atoms with E-state index in [0.717, 1.165) is 16.1 Å². The average Bonchev–Trinajstić information content (AvgIpc) is 2.84. The number of rotatable bonds is 4. The Morgan fingerprint density at radius 3 is 2.75 bits per heavy atom. The van der Waals surface area contributed by atoms with Gasteiger partial charge in [0.1, 0.15) is 10.8 Å². The Bertz CT molecular complexity index is 688. The number of aromatic nitrogens is 1. The highest BCUT2D eigenvalue weighted by molar-refractivity contribution is 7.18. The molecule has 0 atom stereocenters. The maximum absolute atomic E-state index is 9.77. The normalized spacial score (nSPS) is 11.1. The smallest absolute Gasteiger partial charge is 0.121 e. The second-order valence-electron chi connectivity index (χ2n) is 4.42. The zero-order chi connectivity index (χ0) is 13.9. The number of nitrogens with one attached hydrogen (secondary N) is 1. The van der Waals surface area contributed by atoms with Crippen LogP contribution in [0.2, 0.25) is 5.02 Å². The maximum Gasteiger partial charge on any atom is 0.121 e. The molecule has 5 heteroatoms. The van der Waals surface area contributed by atoms with Gasteiger partial charge in [-0.1, -0.05) is 29.8 Å². The van der Waals surface area contributed by atoms with E-state index < -0.39 is 0 Å². The third kappa shape index (κ3) is 2.77. The van der Waals surface area contributed by atoms with E-state index in [2.05, 4.69) is 16.4 Å². The lowest BCUT2D eigenvalue weighted by molar-refractivity contribution is 0.464. The molecule has 3 aromatic rings. The number of benzene rings is 2. The van der Waals surface area contributed by atoms with E-state index in [1.807, 2.05) is 18.2 Å². The number of phenols is 1. The first-order valence-corrected chi connectivity index (χ1v) is 7.45. The fourth-order valence-corrected chi connectivity index (χ4v) is 3.19. The van der Waals surface area contributed by atoms with Crippen molar-refractivity contribution in [3.05, 3.63) is 58.1 Å². The highest BCUT2D eigenvalue weighted by Gasteiger charge is 2.07. The van der Waals surface area contributed by atoms with Crippen molar-refractivity contribution in [2.24, 2.45) is 0 Å². The van der Waals surface area contributed by atoms with Crippen molar-refractivity contribution in [3.8, 4) is 5.75 Å². The van der Waals surface area contributed by atoms with Crippen LogP contribution in [-0.4, -0.2) is 10.1 Å². The van der Waals surface area contributed by atoms with Crippen LogP contribution in [0.1, 0.15) is 10.6 Å². The molecule has 0 amide bonds. The summed E-state index contributed by atoms with van der Waals surface area (Å²) in [6.45, 7) is 1.17. The van der Waals surface area contributed by atoms with Gasteiger partial charge < -0.3 is 10.4 Å². The second-order valence-corrected chi connectivity index (χ2v) is 5.94. The molecule has 0 spiro atoms. The molecule has 0 saturated heterocycles. The largest absolute Gasteiger partial charge is 0.508 e. The number of aromatic hydroxyl groups is 1. The van der Waals surface area contributed by atoms with Gasteiger partial charge in [-0.3, -0.25) is 0 Å². The van der Waals surface area contributed by atoms with Gasteiger partial charge in [0.05, 0.1) is 10.2 Å². The van der Waals surface area contributed by atoms with Crippen LogP contribution in [-0.2, 0) is 13.1 Å². The van der Waals surface area contributed by atoms with Crippen molar-refractivity contribution < 1.29 is 5.11 Å². The summed E-state index contributed by atoms with van der Waals surface area (Å²) in [4.78, 5) is 4.55. The maximum atomic E-state index is 9.77. The summed E-state index contributed by atoms with van der Waals surface area (Å²) in [7, 11) is 0. The van der Waals surface area contributed by atoms with Crippen molar-refractivity contribution in [2.45, 2.75) is 13.1 Å². The second kappa shape index (κ2) is 5.79. The number of fused-ring (bicyclic) bond motifs is 1. The van der Waals surface area contributed by atoms with Crippen molar-refractivity contribution in [1.29, 1.82) is 0 Å². The molecule has 0 aliphatic heterocycles. The monoisotopic (exact) mass is 304 g/mol. The Balaban J connectivity index is 1.68. The molecule has 0 unspecified atom stereocenters. The third-order valence-corrected chi connectivity index (χ3v) is 4.40. The molecule has 2 aromatic carbocycles. The van der Waals surface area contributed by atoms with Crippen LogP contribution in [0.4, 0.5) is 0 Å². The SMILES string of the molecule is Oc1cccc(Cl)c1CNCc1nc2ccccc2s1. The Labute approximate surface area is 125 Å². The van der Waals surface area contributed by atoms with E-state index in [0.29, 0.717) is 18.1 Å². The zero-order valence-electron chi connectivity index (χ0n) is 10.6. The summed E-state index contributed by atoms with van der Waals surface area (Å²) in [6.07, 6.45) is 0. The summed E-state index contributed by atoms with van der Waals surface area (Å²) in [6, 6.07) is 13.2. The minimum Gasteiger partial charge on any atom is -0.508 e. The molecular weight excluding hydrogens is 292 g/mol. The van der Waals surface area contributed by atoms with Crippen molar-refractivity contribution in [3.63, 3.8) is 0 Å². The summed E-state index contributed by atoms with van der Waals surface area (Å²) in [5.74, 6) is 0.217. The zero-order valence-corrected chi connectivity index (χ0v) is 12.2. The number of hydrogen-bond acceptors (Lipinski definition) is 4. The first kappa shape index (κ1) is 13.4. The van der Waals surface area contributed by atoms with Crippen molar-refractivity contribution >= 4 is 33.2 Å². The van der Waals surface area contributed by atoms with Crippen LogP contribution in [0.25, 0.3) is 10.2 Å². The van der Waals surface area contributed by atoms with Crippen LogP contribution < -0.4 is 5.32 Å². The van der Waals surface area contributed by atoms with E-state index in [1.54, 1.807) is 29.5 Å². The average molecular weight is 305 g/mol. The lowest BCUT2D eigenvalue weighted by atomic mass is 10.2. The standard InChI is InChI=1S/C15H13ClN2OS/c16-11-4-3-6-13(19)10(11)8-17-9-15-18-12-5-1-2-7-14(12)20-15/h1-7,17,19H,8-9H2. The first-order valence-electron chi connectivity index (χ1n) is 6.25. The summed E-state index contributed by atoms with van der Waals surface area (Å²) < 4.78 is 1.19. The molecule has 2 N–H and O–H groups in total. The molecule has 3 nitrogen and oxygen atoms in total. The van der Waals surface area contributed by atoms with Gasteiger partial charge in [0, 0.05) is 23.7 Å². The highest BCUT2D eigenvalue weighted by Crippen LogP contribution is 2.25. The number of hydrogen-bond donors (Lipinski definition) is 2. The Morgan fingerprint density at radius 1 is 1.10 bits per heavy atom. The summed E-state index contributed by atoms with van der Waals surface area (Å²) in [5.41, 5.74) is 1.74. The molecule has 102 valence electrons. The number of halogens is 1. The van der Waals surface area contributed by atoms with Crippen LogP contribution in [0.3, 0.4) is 0 Å². The van der Waals surface area contributed by atoms with Crippen LogP contribution in [0.5, 0.6) is 5.75 Å². The fraction of sp³-hybridized carbons (Fsp3) is 0.133. The molecule has 1 heterocycles. The molecule has 0 radical (unpaired) electrons. The topological polar surface area (TPSA) is 45.1 Å². The molecule has 0 aliphatic rings. The lowest BCUT2D eigenvalue weighted by Crippen LogP contribution is -2.12. The predicted molar refractivity (Wildman–Crippen MR) is 83.3 cm³/mol. The fourth-order valence-electron chi connectivity index (χ4n) is 2.01. The van der Waals surface area contributed by atoms with E-state index in [4.69, 9.17) is 11.6 Å². The summed E-state index contributed by atoms with van der Waals surface area (Å²) in [5, 5.41) is 14.6. The predicted octanol–water partition coefficient (Wildman–Crippen LogP) is 3.95. The summed E-state index contributed by atoms with van der Waals surface area (Å²) >= 11 is 7.73. The molecule has 0 fully saturated rings. The van der Waals surface area contributed by atoms with Crippen molar-refractivity contribution in [1.82, 2.24) is 10.3 Å². The van der Waals surface area contributed by atoms with E-state index in [-0.39, 0.29) is 5.75 Å². The van der Waals surface area contributed by atoms with Gasteiger partial charge in [-0.15, -0.1) is 11.3 Å². The van der Waals surface area contributed by atoms with E-state index in [9.17, 15) is 5.11 Å². The highest BCUT2D eigenvalue weighted by atomic mass is 35.5. The number of phenolic OH excluding ortho intramolecular Hbond substituents is 1. The number of thiazole rings is 1. The molecular formula is C15H13ClN2OS. The molecule has 0 bridgehead atoms. The van der Waals surface area contributed by atoms with Gasteiger partial charge in [-0.25, -0.2) is 4.98 Å². The minimum atomic E-state index is 0.217. The van der Waals surface area contributed by atoms with Crippen LogP contribution in [0.15, 0.2) is 42.5 Å². The van der Waals surface area contributed by atoms with Crippen LogP contribution in [0, 0.1) is 0 Å². The van der Waals surface area contributed by atoms with Gasteiger partial charge in [-0.2, -0.15) is 0 Å². The van der Waals surface area contributed by atoms with Crippen LogP contribution >= 0.6 is 22.9 Å². The number of nitrogens with zero attached hydrogens (tertiary/aromatic N) is 1. The molecule has 20 heavy (non-hydrogen) atoms. The molecule has 1 aromatic heterocycles. The van der Waals surface area contributed by atoms with Gasteiger partial charge in [0.15, 0.2) is 0 Å². The third-order valence-electron chi connectivity index (χ3n) is 3.01.